The van der Waals surface area contributed by atoms with E-state index < -0.39 is 0 Å². The van der Waals surface area contributed by atoms with Crippen LogP contribution in [-0.4, -0.2) is 50.0 Å². The number of nitriles is 1. The van der Waals surface area contributed by atoms with E-state index in [1.54, 1.807) is 10.9 Å². The minimum absolute atomic E-state index is 0.0258. The Bertz CT molecular complexity index is 1110. The Morgan fingerprint density at radius 2 is 2.03 bits per heavy atom. The highest BCUT2D eigenvalue weighted by molar-refractivity contribution is 5.88. The molecule has 1 aliphatic heterocycles. The van der Waals surface area contributed by atoms with E-state index in [1.807, 2.05) is 43.1 Å². The number of amides is 1. The van der Waals surface area contributed by atoms with Gasteiger partial charge in [-0.2, -0.15) is 10.2 Å². The zero-order valence-electron chi connectivity index (χ0n) is 16.6. The highest BCUT2D eigenvalue weighted by Gasteiger charge is 2.18. The van der Waals surface area contributed by atoms with Crippen LogP contribution in [0.1, 0.15) is 30.7 Å². The maximum absolute atomic E-state index is 12.3. The summed E-state index contributed by atoms with van der Waals surface area (Å²) in [7, 11) is 1.83. The molecule has 0 atom stereocenters. The van der Waals surface area contributed by atoms with Crippen molar-refractivity contribution in [3.8, 4) is 23.1 Å². The van der Waals surface area contributed by atoms with E-state index in [-0.39, 0.29) is 18.3 Å². The van der Waals surface area contributed by atoms with E-state index in [0.717, 1.165) is 37.1 Å². The molecule has 1 aliphatic rings. The lowest BCUT2D eigenvalue weighted by atomic mass is 10.1. The first kappa shape index (κ1) is 18.9. The maximum Gasteiger partial charge on any atom is 0.260 e. The first-order valence-electron chi connectivity index (χ1n) is 9.67. The maximum atomic E-state index is 12.3. The number of carbonyl (C=O) groups is 1. The molecular formula is C21H22N6O2. The minimum Gasteiger partial charge on any atom is -0.483 e. The Kier molecular flexibility index (Phi) is 5.12. The van der Waals surface area contributed by atoms with E-state index >= 15 is 0 Å². The first-order valence-corrected chi connectivity index (χ1v) is 9.67. The SMILES string of the molecule is Cc1cc(-c2nc(C#N)nc3c2ncn3C)ccc1OCC(=O)N1CCCCC1. The average molecular weight is 390 g/mol. The van der Waals surface area contributed by atoms with Crippen molar-refractivity contribution in [1.82, 2.24) is 24.4 Å². The van der Waals surface area contributed by atoms with Gasteiger partial charge in [0.2, 0.25) is 5.82 Å². The van der Waals surface area contributed by atoms with Gasteiger partial charge in [-0.05, 0) is 49.9 Å². The third-order valence-electron chi connectivity index (χ3n) is 5.17. The molecule has 0 radical (unpaired) electrons. The predicted molar refractivity (Wildman–Crippen MR) is 107 cm³/mol. The van der Waals surface area contributed by atoms with Crippen LogP contribution in [0, 0.1) is 18.3 Å². The van der Waals surface area contributed by atoms with Gasteiger partial charge in [0.05, 0.1) is 6.33 Å². The van der Waals surface area contributed by atoms with Gasteiger partial charge in [0.25, 0.3) is 5.91 Å². The number of aromatic nitrogens is 4. The summed E-state index contributed by atoms with van der Waals surface area (Å²) < 4.78 is 7.54. The average Bonchev–Trinajstić information content (AvgIpc) is 3.13. The van der Waals surface area contributed by atoms with Crippen molar-refractivity contribution in [2.45, 2.75) is 26.2 Å². The van der Waals surface area contributed by atoms with Crippen molar-refractivity contribution in [1.29, 1.82) is 5.26 Å². The molecule has 29 heavy (non-hydrogen) atoms. The quantitative estimate of drug-likeness (QED) is 0.679. The van der Waals surface area contributed by atoms with E-state index in [2.05, 4.69) is 15.0 Å². The van der Waals surface area contributed by atoms with Gasteiger partial charge in [0.1, 0.15) is 23.0 Å². The van der Waals surface area contributed by atoms with Gasteiger partial charge in [-0.15, -0.1) is 0 Å². The molecule has 3 heterocycles. The van der Waals surface area contributed by atoms with Crippen LogP contribution >= 0.6 is 0 Å². The van der Waals surface area contributed by atoms with Crippen molar-refractivity contribution in [2.75, 3.05) is 19.7 Å². The number of piperidine rings is 1. The molecule has 3 aromatic rings. The fourth-order valence-corrected chi connectivity index (χ4v) is 3.59. The standard InChI is InChI=1S/C21H22N6O2/c1-14-10-15(19-20-21(26(2)13-23-20)25-17(11-22)24-19)6-7-16(14)29-12-18(28)27-8-4-3-5-9-27/h6-7,10,13H,3-5,8-9,12H2,1-2H3. The zero-order chi connectivity index (χ0) is 20.4. The van der Waals surface area contributed by atoms with E-state index in [1.165, 1.54) is 6.42 Å². The van der Waals surface area contributed by atoms with Crippen LogP contribution in [-0.2, 0) is 11.8 Å². The Labute approximate surface area is 168 Å². The van der Waals surface area contributed by atoms with Gasteiger partial charge in [-0.1, -0.05) is 0 Å². The molecular weight excluding hydrogens is 368 g/mol. The van der Waals surface area contributed by atoms with Crippen molar-refractivity contribution < 1.29 is 9.53 Å². The number of likely N-dealkylation sites (tertiary alicyclic amines) is 1. The molecule has 0 N–H and O–H groups in total. The molecule has 0 unspecified atom stereocenters. The van der Waals surface area contributed by atoms with Crippen LogP contribution in [0.3, 0.4) is 0 Å². The summed E-state index contributed by atoms with van der Waals surface area (Å²) in [6.07, 6.45) is 4.96. The molecule has 4 rings (SSSR count). The Morgan fingerprint density at radius 1 is 1.24 bits per heavy atom. The predicted octanol–water partition coefficient (Wildman–Crippen LogP) is 2.60. The summed E-state index contributed by atoms with van der Waals surface area (Å²) in [5.74, 6) is 0.782. The third kappa shape index (κ3) is 3.76. The van der Waals surface area contributed by atoms with Gasteiger partial charge in [0.15, 0.2) is 12.3 Å². The molecule has 0 aliphatic carbocycles. The van der Waals surface area contributed by atoms with Crippen LogP contribution in [0.25, 0.3) is 22.4 Å². The number of carbonyl (C=O) groups excluding carboxylic acids is 1. The fraction of sp³-hybridized carbons (Fsp3) is 0.381. The monoisotopic (exact) mass is 390 g/mol. The number of fused-ring (bicyclic) bond motifs is 1. The number of imidazole rings is 1. The molecule has 1 fully saturated rings. The highest BCUT2D eigenvalue weighted by atomic mass is 16.5. The van der Waals surface area contributed by atoms with Crippen molar-refractivity contribution in [3.05, 3.63) is 35.9 Å². The fourth-order valence-electron chi connectivity index (χ4n) is 3.59. The molecule has 1 saturated heterocycles. The lowest BCUT2D eigenvalue weighted by Gasteiger charge is -2.26. The summed E-state index contributed by atoms with van der Waals surface area (Å²) >= 11 is 0. The number of hydrogen-bond acceptors (Lipinski definition) is 6. The molecule has 148 valence electrons. The minimum atomic E-state index is 0.0258. The summed E-state index contributed by atoms with van der Waals surface area (Å²) in [6, 6.07) is 7.63. The van der Waals surface area contributed by atoms with Crippen molar-refractivity contribution in [3.63, 3.8) is 0 Å². The van der Waals surface area contributed by atoms with Crippen molar-refractivity contribution in [2.24, 2.45) is 7.05 Å². The first-order chi connectivity index (χ1) is 14.1. The topological polar surface area (TPSA) is 96.9 Å². The number of aryl methyl sites for hydroxylation is 2. The normalized spacial score (nSPS) is 14.0. The summed E-state index contributed by atoms with van der Waals surface area (Å²) in [5, 5.41) is 9.26. The molecule has 1 aromatic carbocycles. The van der Waals surface area contributed by atoms with E-state index in [4.69, 9.17) is 4.74 Å². The summed E-state index contributed by atoms with van der Waals surface area (Å²) in [6.45, 7) is 3.59. The van der Waals surface area contributed by atoms with Crippen LogP contribution in [0.5, 0.6) is 5.75 Å². The largest absolute Gasteiger partial charge is 0.483 e. The van der Waals surface area contributed by atoms with Gasteiger partial charge >= 0.3 is 0 Å². The molecule has 0 spiro atoms. The molecule has 0 saturated carbocycles. The third-order valence-corrected chi connectivity index (χ3v) is 5.17. The molecule has 2 aromatic heterocycles. The molecule has 1 amide bonds. The van der Waals surface area contributed by atoms with Crippen LogP contribution in [0.15, 0.2) is 24.5 Å². The van der Waals surface area contributed by atoms with Gasteiger partial charge < -0.3 is 14.2 Å². The molecule has 0 bridgehead atoms. The van der Waals surface area contributed by atoms with Gasteiger partial charge in [-0.3, -0.25) is 4.79 Å². The second-order valence-electron chi connectivity index (χ2n) is 7.25. The Balaban J connectivity index is 1.57. The smallest absolute Gasteiger partial charge is 0.260 e. The van der Waals surface area contributed by atoms with Crippen LogP contribution in [0.4, 0.5) is 0 Å². The number of hydrogen-bond donors (Lipinski definition) is 0. The lowest BCUT2D eigenvalue weighted by Crippen LogP contribution is -2.38. The Morgan fingerprint density at radius 3 is 2.76 bits per heavy atom. The Hall–Kier alpha value is -3.47. The van der Waals surface area contributed by atoms with Gasteiger partial charge in [0, 0.05) is 25.7 Å². The highest BCUT2D eigenvalue weighted by Crippen LogP contribution is 2.29. The number of benzene rings is 1. The van der Waals surface area contributed by atoms with E-state index in [9.17, 15) is 10.1 Å². The van der Waals surface area contributed by atoms with Gasteiger partial charge in [-0.25, -0.2) is 9.97 Å². The van der Waals surface area contributed by atoms with Crippen molar-refractivity contribution >= 4 is 17.1 Å². The van der Waals surface area contributed by atoms with Crippen LogP contribution in [0.2, 0.25) is 0 Å². The summed E-state index contributed by atoms with van der Waals surface area (Å²) in [4.78, 5) is 27.2. The second-order valence-corrected chi connectivity index (χ2v) is 7.25. The number of ether oxygens (including phenoxy) is 1. The molecule has 8 heteroatoms. The molecule has 8 nitrogen and oxygen atoms in total. The van der Waals surface area contributed by atoms with E-state index in [0.29, 0.717) is 22.6 Å². The van der Waals surface area contributed by atoms with Crippen LogP contribution < -0.4 is 4.74 Å². The zero-order valence-corrected chi connectivity index (χ0v) is 16.6. The second kappa shape index (κ2) is 7.87. The summed E-state index contributed by atoms with van der Waals surface area (Å²) in [5.41, 5.74) is 3.55. The lowest BCUT2D eigenvalue weighted by molar-refractivity contribution is -0.134. The number of rotatable bonds is 4. The number of nitrogens with zero attached hydrogens (tertiary/aromatic N) is 6.